The van der Waals surface area contributed by atoms with Gasteiger partial charge in [-0.2, -0.15) is 0 Å². The SMILES string of the molecule is CCc1ccc(CN(C)C(=O)C(N)C(=O)O)cc1. The van der Waals surface area contributed by atoms with Gasteiger partial charge in [0.15, 0.2) is 6.04 Å². The van der Waals surface area contributed by atoms with Crippen LogP contribution < -0.4 is 5.73 Å². The minimum atomic E-state index is -1.50. The molecule has 3 N–H and O–H groups in total. The number of likely N-dealkylation sites (N-methyl/N-ethyl adjacent to an activating group) is 1. The van der Waals surface area contributed by atoms with Crippen LogP contribution >= 0.6 is 0 Å². The average molecular weight is 250 g/mol. The van der Waals surface area contributed by atoms with Crippen molar-refractivity contribution in [3.05, 3.63) is 35.4 Å². The van der Waals surface area contributed by atoms with Gasteiger partial charge in [0.2, 0.25) is 0 Å². The molecule has 1 aromatic rings. The van der Waals surface area contributed by atoms with Gasteiger partial charge < -0.3 is 15.7 Å². The van der Waals surface area contributed by atoms with Crippen molar-refractivity contribution in [3.63, 3.8) is 0 Å². The Hall–Kier alpha value is -1.88. The Labute approximate surface area is 106 Å². The highest BCUT2D eigenvalue weighted by atomic mass is 16.4. The Bertz CT molecular complexity index is 428. The number of hydrogen-bond donors (Lipinski definition) is 2. The third kappa shape index (κ3) is 3.56. The monoisotopic (exact) mass is 250 g/mol. The Morgan fingerprint density at radius 1 is 1.28 bits per heavy atom. The summed E-state index contributed by atoms with van der Waals surface area (Å²) in [4.78, 5) is 23.6. The quantitative estimate of drug-likeness (QED) is 0.750. The van der Waals surface area contributed by atoms with Crippen molar-refractivity contribution in [3.8, 4) is 0 Å². The van der Waals surface area contributed by atoms with E-state index in [0.29, 0.717) is 6.54 Å². The molecular weight excluding hydrogens is 232 g/mol. The third-order valence-electron chi connectivity index (χ3n) is 2.76. The van der Waals surface area contributed by atoms with Crippen molar-refractivity contribution >= 4 is 11.9 Å². The smallest absolute Gasteiger partial charge is 0.330 e. The fraction of sp³-hybridized carbons (Fsp3) is 0.385. The number of carbonyl (C=O) groups excluding carboxylic acids is 1. The molecule has 0 aliphatic rings. The molecule has 1 rings (SSSR count). The van der Waals surface area contributed by atoms with Crippen molar-refractivity contribution in [2.75, 3.05) is 7.05 Å². The molecule has 0 aliphatic heterocycles. The second-order valence-electron chi connectivity index (χ2n) is 4.18. The maximum absolute atomic E-state index is 11.6. The van der Waals surface area contributed by atoms with Crippen molar-refractivity contribution in [1.29, 1.82) is 0 Å². The van der Waals surface area contributed by atoms with Gasteiger partial charge in [0, 0.05) is 13.6 Å². The summed E-state index contributed by atoms with van der Waals surface area (Å²) in [6.45, 7) is 2.42. The van der Waals surface area contributed by atoms with Crippen molar-refractivity contribution in [2.45, 2.75) is 25.9 Å². The van der Waals surface area contributed by atoms with Crippen LogP contribution in [0.5, 0.6) is 0 Å². The largest absolute Gasteiger partial charge is 0.480 e. The minimum Gasteiger partial charge on any atom is -0.480 e. The fourth-order valence-corrected chi connectivity index (χ4v) is 1.58. The lowest BCUT2D eigenvalue weighted by Crippen LogP contribution is -2.46. The van der Waals surface area contributed by atoms with Crippen molar-refractivity contribution in [1.82, 2.24) is 4.90 Å². The Balaban J connectivity index is 2.66. The van der Waals surface area contributed by atoms with Crippen LogP contribution in [0.3, 0.4) is 0 Å². The molecular formula is C13H18N2O3. The number of benzene rings is 1. The topological polar surface area (TPSA) is 83.6 Å². The average Bonchev–Trinajstić information content (AvgIpc) is 2.37. The summed E-state index contributed by atoms with van der Waals surface area (Å²) in [6, 6.07) is 6.34. The lowest BCUT2D eigenvalue weighted by atomic mass is 10.1. The lowest BCUT2D eigenvalue weighted by Gasteiger charge is -2.19. The molecule has 0 aliphatic carbocycles. The molecule has 1 amide bonds. The van der Waals surface area contributed by atoms with E-state index in [2.05, 4.69) is 6.92 Å². The molecule has 0 saturated carbocycles. The first kappa shape index (κ1) is 14.2. The van der Waals surface area contributed by atoms with E-state index in [9.17, 15) is 9.59 Å². The number of carboxylic acid groups (broad SMARTS) is 1. The second-order valence-corrected chi connectivity index (χ2v) is 4.18. The van der Waals surface area contributed by atoms with Gasteiger partial charge in [-0.3, -0.25) is 4.79 Å². The van der Waals surface area contributed by atoms with Gasteiger partial charge in [-0.25, -0.2) is 4.79 Å². The zero-order chi connectivity index (χ0) is 13.7. The summed E-state index contributed by atoms with van der Waals surface area (Å²) in [6.07, 6.45) is 0.957. The third-order valence-corrected chi connectivity index (χ3v) is 2.76. The summed E-state index contributed by atoms with van der Waals surface area (Å²) in [7, 11) is 1.54. The Morgan fingerprint density at radius 2 is 1.78 bits per heavy atom. The molecule has 18 heavy (non-hydrogen) atoms. The number of hydrogen-bond acceptors (Lipinski definition) is 3. The molecule has 5 nitrogen and oxygen atoms in total. The van der Waals surface area contributed by atoms with E-state index in [4.69, 9.17) is 10.8 Å². The van der Waals surface area contributed by atoms with E-state index in [-0.39, 0.29) is 0 Å². The lowest BCUT2D eigenvalue weighted by molar-refractivity contribution is -0.146. The Morgan fingerprint density at radius 3 is 2.22 bits per heavy atom. The summed E-state index contributed by atoms with van der Waals surface area (Å²) in [5.74, 6) is -1.91. The molecule has 98 valence electrons. The van der Waals surface area contributed by atoms with E-state index in [1.165, 1.54) is 10.5 Å². The summed E-state index contributed by atoms with van der Waals surface area (Å²) in [5.41, 5.74) is 7.43. The van der Waals surface area contributed by atoms with Gasteiger partial charge in [-0.1, -0.05) is 31.2 Å². The van der Waals surface area contributed by atoms with Crippen LogP contribution in [0, 0.1) is 0 Å². The molecule has 5 heteroatoms. The summed E-state index contributed by atoms with van der Waals surface area (Å²) in [5, 5.41) is 8.66. The minimum absolute atomic E-state index is 0.351. The predicted octanol–water partition coefficient (Wildman–Crippen LogP) is 0.619. The first-order valence-corrected chi connectivity index (χ1v) is 5.77. The van der Waals surface area contributed by atoms with E-state index >= 15 is 0 Å². The highest BCUT2D eigenvalue weighted by Crippen LogP contribution is 2.08. The highest BCUT2D eigenvalue weighted by molar-refractivity contribution is 6.00. The molecule has 0 saturated heterocycles. The molecule has 1 aromatic carbocycles. The van der Waals surface area contributed by atoms with Gasteiger partial charge >= 0.3 is 5.97 Å². The van der Waals surface area contributed by atoms with E-state index in [1.54, 1.807) is 7.05 Å². The van der Waals surface area contributed by atoms with Crippen molar-refractivity contribution in [2.24, 2.45) is 5.73 Å². The van der Waals surface area contributed by atoms with Crippen LogP contribution in [-0.4, -0.2) is 35.0 Å². The molecule has 0 fully saturated rings. The molecule has 0 aromatic heterocycles. The molecule has 1 unspecified atom stereocenters. The number of carboxylic acids is 1. The van der Waals surface area contributed by atoms with Crippen LogP contribution in [-0.2, 0) is 22.6 Å². The van der Waals surface area contributed by atoms with Gasteiger partial charge in [0.25, 0.3) is 5.91 Å². The summed E-state index contributed by atoms with van der Waals surface area (Å²) >= 11 is 0. The number of rotatable bonds is 5. The van der Waals surface area contributed by atoms with Crippen LogP contribution in [0.4, 0.5) is 0 Å². The number of nitrogens with two attached hydrogens (primary N) is 1. The molecule has 0 radical (unpaired) electrons. The second kappa shape index (κ2) is 6.16. The van der Waals surface area contributed by atoms with Crippen LogP contribution in [0.25, 0.3) is 0 Å². The number of aliphatic carboxylic acids is 1. The number of nitrogens with zero attached hydrogens (tertiary/aromatic N) is 1. The maximum Gasteiger partial charge on any atom is 0.330 e. The number of carbonyl (C=O) groups is 2. The van der Waals surface area contributed by atoms with Crippen LogP contribution in [0.15, 0.2) is 24.3 Å². The normalized spacial score (nSPS) is 11.9. The van der Waals surface area contributed by atoms with Gasteiger partial charge in [0.05, 0.1) is 0 Å². The van der Waals surface area contributed by atoms with E-state index in [1.807, 2.05) is 24.3 Å². The number of aryl methyl sites for hydroxylation is 1. The first-order chi connectivity index (χ1) is 8.45. The Kier molecular flexibility index (Phi) is 4.85. The van der Waals surface area contributed by atoms with Gasteiger partial charge in [-0.05, 0) is 17.5 Å². The first-order valence-electron chi connectivity index (χ1n) is 5.77. The van der Waals surface area contributed by atoms with E-state index in [0.717, 1.165) is 12.0 Å². The number of amides is 1. The van der Waals surface area contributed by atoms with Crippen LogP contribution in [0.2, 0.25) is 0 Å². The molecule has 0 spiro atoms. The summed E-state index contributed by atoms with van der Waals surface area (Å²) < 4.78 is 0. The van der Waals surface area contributed by atoms with Gasteiger partial charge in [-0.15, -0.1) is 0 Å². The van der Waals surface area contributed by atoms with E-state index < -0.39 is 17.9 Å². The standard InChI is InChI=1S/C13H18N2O3/c1-3-9-4-6-10(7-5-9)8-15(2)12(16)11(14)13(17)18/h4-7,11H,3,8,14H2,1-2H3,(H,17,18). The molecule has 0 heterocycles. The maximum atomic E-state index is 11.6. The zero-order valence-electron chi connectivity index (χ0n) is 10.6. The predicted molar refractivity (Wildman–Crippen MR) is 67.9 cm³/mol. The zero-order valence-corrected chi connectivity index (χ0v) is 10.6. The van der Waals surface area contributed by atoms with Gasteiger partial charge in [0.1, 0.15) is 0 Å². The van der Waals surface area contributed by atoms with Crippen molar-refractivity contribution < 1.29 is 14.7 Å². The molecule has 1 atom stereocenters. The van der Waals surface area contributed by atoms with Crippen LogP contribution in [0.1, 0.15) is 18.1 Å². The molecule has 0 bridgehead atoms. The highest BCUT2D eigenvalue weighted by Gasteiger charge is 2.24. The fourth-order valence-electron chi connectivity index (χ4n) is 1.58.